The van der Waals surface area contributed by atoms with E-state index in [4.69, 9.17) is 0 Å². The van der Waals surface area contributed by atoms with Crippen molar-refractivity contribution in [1.82, 2.24) is 5.32 Å². The highest BCUT2D eigenvalue weighted by Gasteiger charge is 2.13. The normalized spacial score (nSPS) is 10.3. The standard InChI is InChI=1S/C15H13F2NO/c1-2-18-15(19)12-9-10(7-8-14(12)17)11-5-3-4-6-13(11)16/h3-9H,2H2,1H3,(H,18,19). The van der Waals surface area contributed by atoms with Gasteiger partial charge in [0, 0.05) is 12.1 Å². The molecule has 0 spiro atoms. The van der Waals surface area contributed by atoms with Crippen molar-refractivity contribution in [1.29, 1.82) is 0 Å². The van der Waals surface area contributed by atoms with Gasteiger partial charge in [-0.15, -0.1) is 0 Å². The first-order chi connectivity index (χ1) is 9.13. The lowest BCUT2D eigenvalue weighted by Gasteiger charge is -2.08. The molecule has 0 heterocycles. The van der Waals surface area contributed by atoms with E-state index in [2.05, 4.69) is 5.32 Å². The van der Waals surface area contributed by atoms with E-state index in [1.807, 2.05) is 0 Å². The number of carbonyl (C=O) groups excluding carboxylic acids is 1. The number of nitrogens with one attached hydrogen (secondary N) is 1. The molecule has 0 bridgehead atoms. The van der Waals surface area contributed by atoms with Crippen LogP contribution < -0.4 is 5.32 Å². The third-order valence-corrected chi connectivity index (χ3v) is 2.73. The molecule has 98 valence electrons. The topological polar surface area (TPSA) is 29.1 Å². The Bertz CT molecular complexity index is 611. The number of halogens is 2. The van der Waals surface area contributed by atoms with E-state index in [1.165, 1.54) is 24.3 Å². The van der Waals surface area contributed by atoms with Gasteiger partial charge in [-0.3, -0.25) is 4.79 Å². The van der Waals surface area contributed by atoms with E-state index in [1.54, 1.807) is 25.1 Å². The Morgan fingerprint density at radius 1 is 1.11 bits per heavy atom. The summed E-state index contributed by atoms with van der Waals surface area (Å²) in [4.78, 5) is 11.7. The lowest BCUT2D eigenvalue weighted by molar-refractivity contribution is 0.0952. The molecular formula is C15H13F2NO. The second-order valence-electron chi connectivity index (χ2n) is 4.03. The lowest BCUT2D eigenvalue weighted by Crippen LogP contribution is -2.23. The fourth-order valence-electron chi connectivity index (χ4n) is 1.82. The van der Waals surface area contributed by atoms with Crippen molar-refractivity contribution in [2.75, 3.05) is 6.54 Å². The van der Waals surface area contributed by atoms with Gasteiger partial charge < -0.3 is 5.32 Å². The quantitative estimate of drug-likeness (QED) is 0.901. The number of carbonyl (C=O) groups is 1. The molecule has 0 aliphatic rings. The van der Waals surface area contributed by atoms with Crippen LogP contribution in [0.5, 0.6) is 0 Å². The number of hydrogen-bond acceptors (Lipinski definition) is 1. The van der Waals surface area contributed by atoms with Crippen molar-refractivity contribution < 1.29 is 13.6 Å². The first kappa shape index (κ1) is 13.2. The van der Waals surface area contributed by atoms with E-state index >= 15 is 0 Å². The van der Waals surface area contributed by atoms with Crippen molar-refractivity contribution in [2.24, 2.45) is 0 Å². The van der Waals surface area contributed by atoms with Crippen LogP contribution in [0.25, 0.3) is 11.1 Å². The molecule has 0 fully saturated rings. The van der Waals surface area contributed by atoms with Crippen LogP contribution >= 0.6 is 0 Å². The smallest absolute Gasteiger partial charge is 0.254 e. The average molecular weight is 261 g/mol. The van der Waals surface area contributed by atoms with E-state index in [0.717, 1.165) is 0 Å². The SMILES string of the molecule is CCNC(=O)c1cc(-c2ccccc2F)ccc1F. The molecule has 0 atom stereocenters. The number of hydrogen-bond donors (Lipinski definition) is 1. The van der Waals surface area contributed by atoms with Crippen molar-refractivity contribution in [3.63, 3.8) is 0 Å². The van der Waals surface area contributed by atoms with Crippen molar-refractivity contribution >= 4 is 5.91 Å². The predicted molar refractivity (Wildman–Crippen MR) is 69.8 cm³/mol. The zero-order valence-corrected chi connectivity index (χ0v) is 10.4. The molecule has 19 heavy (non-hydrogen) atoms. The molecule has 2 rings (SSSR count). The maximum atomic E-state index is 13.7. The van der Waals surface area contributed by atoms with Crippen molar-refractivity contribution in [3.05, 3.63) is 59.7 Å². The fraction of sp³-hybridized carbons (Fsp3) is 0.133. The number of amides is 1. The molecule has 1 N–H and O–H groups in total. The van der Waals surface area contributed by atoms with E-state index in [-0.39, 0.29) is 5.56 Å². The highest BCUT2D eigenvalue weighted by atomic mass is 19.1. The van der Waals surface area contributed by atoms with Crippen LogP contribution in [0.15, 0.2) is 42.5 Å². The minimum atomic E-state index is -0.619. The minimum Gasteiger partial charge on any atom is -0.352 e. The van der Waals surface area contributed by atoms with Crippen molar-refractivity contribution in [2.45, 2.75) is 6.92 Å². The molecule has 0 aromatic heterocycles. The molecule has 0 saturated carbocycles. The summed E-state index contributed by atoms with van der Waals surface area (Å²) in [7, 11) is 0. The Morgan fingerprint density at radius 2 is 1.84 bits per heavy atom. The molecule has 4 heteroatoms. The minimum absolute atomic E-state index is 0.0809. The van der Waals surface area contributed by atoms with Gasteiger partial charge in [0.15, 0.2) is 0 Å². The summed E-state index contributed by atoms with van der Waals surface area (Å²) in [5.74, 6) is -1.53. The Morgan fingerprint density at radius 3 is 2.53 bits per heavy atom. The maximum Gasteiger partial charge on any atom is 0.254 e. The second-order valence-corrected chi connectivity index (χ2v) is 4.03. The summed E-state index contributed by atoms with van der Waals surface area (Å²) >= 11 is 0. The van der Waals surface area contributed by atoms with Gasteiger partial charge >= 0.3 is 0 Å². The van der Waals surface area contributed by atoms with Gasteiger partial charge in [-0.05, 0) is 30.7 Å². The van der Waals surface area contributed by atoms with Gasteiger partial charge in [-0.25, -0.2) is 8.78 Å². The average Bonchev–Trinajstić information content (AvgIpc) is 2.40. The van der Waals surface area contributed by atoms with Crippen LogP contribution in [0.1, 0.15) is 17.3 Å². The summed E-state index contributed by atoms with van der Waals surface area (Å²) in [6.45, 7) is 2.15. The molecule has 1 amide bonds. The van der Waals surface area contributed by atoms with Gasteiger partial charge in [0.2, 0.25) is 0 Å². The maximum absolute atomic E-state index is 13.7. The molecule has 2 aromatic rings. The highest BCUT2D eigenvalue weighted by Crippen LogP contribution is 2.24. The number of rotatable bonds is 3. The number of benzene rings is 2. The zero-order valence-electron chi connectivity index (χ0n) is 10.4. The van der Waals surface area contributed by atoms with Crippen LogP contribution in [0.4, 0.5) is 8.78 Å². The Labute approximate surface area is 110 Å². The van der Waals surface area contributed by atoms with Gasteiger partial charge in [-0.2, -0.15) is 0 Å². The Balaban J connectivity index is 2.47. The van der Waals surface area contributed by atoms with E-state index in [9.17, 15) is 13.6 Å². The van der Waals surface area contributed by atoms with Crippen LogP contribution in [-0.4, -0.2) is 12.5 Å². The van der Waals surface area contributed by atoms with Crippen LogP contribution in [0.3, 0.4) is 0 Å². The van der Waals surface area contributed by atoms with E-state index in [0.29, 0.717) is 17.7 Å². The molecule has 2 aromatic carbocycles. The highest BCUT2D eigenvalue weighted by molar-refractivity contribution is 5.95. The fourth-order valence-corrected chi connectivity index (χ4v) is 1.82. The van der Waals surface area contributed by atoms with Crippen LogP contribution in [0.2, 0.25) is 0 Å². The summed E-state index contributed by atoms with van der Waals surface area (Å²) in [6, 6.07) is 10.2. The van der Waals surface area contributed by atoms with E-state index < -0.39 is 17.5 Å². The largest absolute Gasteiger partial charge is 0.352 e. The van der Waals surface area contributed by atoms with Gasteiger partial charge in [0.05, 0.1) is 5.56 Å². The molecular weight excluding hydrogens is 248 g/mol. The third kappa shape index (κ3) is 2.78. The molecule has 0 unspecified atom stereocenters. The van der Waals surface area contributed by atoms with Crippen LogP contribution in [0, 0.1) is 11.6 Å². The summed E-state index contributed by atoms with van der Waals surface area (Å²) in [5, 5.41) is 2.52. The first-order valence-corrected chi connectivity index (χ1v) is 5.96. The van der Waals surface area contributed by atoms with Gasteiger partial charge in [-0.1, -0.05) is 24.3 Å². The lowest BCUT2D eigenvalue weighted by atomic mass is 10.0. The first-order valence-electron chi connectivity index (χ1n) is 5.96. The second kappa shape index (κ2) is 5.61. The van der Waals surface area contributed by atoms with Gasteiger partial charge in [0.1, 0.15) is 11.6 Å². The Hall–Kier alpha value is -2.23. The van der Waals surface area contributed by atoms with Crippen molar-refractivity contribution in [3.8, 4) is 11.1 Å². The molecule has 0 aliphatic carbocycles. The van der Waals surface area contributed by atoms with Gasteiger partial charge in [0.25, 0.3) is 5.91 Å². The van der Waals surface area contributed by atoms with Crippen LogP contribution in [-0.2, 0) is 0 Å². The summed E-state index contributed by atoms with van der Waals surface area (Å²) in [5.41, 5.74) is 0.733. The molecule has 0 saturated heterocycles. The summed E-state index contributed by atoms with van der Waals surface area (Å²) < 4.78 is 27.3. The molecule has 0 radical (unpaired) electrons. The summed E-state index contributed by atoms with van der Waals surface area (Å²) in [6.07, 6.45) is 0. The third-order valence-electron chi connectivity index (χ3n) is 2.73. The predicted octanol–water partition coefficient (Wildman–Crippen LogP) is 3.38. The molecule has 2 nitrogen and oxygen atoms in total. The monoisotopic (exact) mass is 261 g/mol. The Kier molecular flexibility index (Phi) is 3.90. The molecule has 0 aliphatic heterocycles. The zero-order chi connectivity index (χ0) is 13.8.